The summed E-state index contributed by atoms with van der Waals surface area (Å²) in [5.74, 6) is -0.895. The molecule has 28 heavy (non-hydrogen) atoms. The van der Waals surface area contributed by atoms with Crippen LogP contribution in [0.15, 0.2) is 70.5 Å². The summed E-state index contributed by atoms with van der Waals surface area (Å²) in [6.45, 7) is 0. The molecule has 0 aliphatic heterocycles. The van der Waals surface area contributed by atoms with E-state index < -0.39 is 5.91 Å². The van der Waals surface area contributed by atoms with Crippen molar-refractivity contribution in [2.45, 2.75) is 0 Å². The van der Waals surface area contributed by atoms with E-state index in [-0.39, 0.29) is 5.91 Å². The third kappa shape index (κ3) is 3.54. The molecule has 0 bridgehead atoms. The van der Waals surface area contributed by atoms with Gasteiger partial charge in [0.25, 0.3) is 11.8 Å². The number of para-hydroxylation sites is 1. The summed E-state index contributed by atoms with van der Waals surface area (Å²) in [5.41, 5.74) is 8.46. The standard InChI is InChI=1S/C21H14BrN3O2S/c22-13-7-5-12(6-8-13)18-11-16(14-3-1-2-4-17(14)24-18)20(27)25-21-15(19(23)26)9-10-28-21/h1-11H,(H2,23,26)(H,25,27). The summed E-state index contributed by atoms with van der Waals surface area (Å²) in [7, 11) is 0. The van der Waals surface area contributed by atoms with Crippen LogP contribution in [0.3, 0.4) is 0 Å². The fourth-order valence-corrected chi connectivity index (χ4v) is 3.95. The van der Waals surface area contributed by atoms with Gasteiger partial charge in [-0.1, -0.05) is 46.3 Å². The number of aromatic nitrogens is 1. The molecule has 0 atom stereocenters. The van der Waals surface area contributed by atoms with Crippen LogP contribution in [0.1, 0.15) is 20.7 Å². The normalized spacial score (nSPS) is 10.8. The van der Waals surface area contributed by atoms with Crippen molar-refractivity contribution < 1.29 is 9.59 Å². The smallest absolute Gasteiger partial charge is 0.257 e. The molecule has 4 aromatic rings. The van der Waals surface area contributed by atoms with Gasteiger partial charge in [-0.25, -0.2) is 4.98 Å². The van der Waals surface area contributed by atoms with E-state index in [1.165, 1.54) is 11.3 Å². The number of rotatable bonds is 4. The molecule has 0 saturated heterocycles. The van der Waals surface area contributed by atoms with E-state index in [1.807, 2.05) is 48.5 Å². The summed E-state index contributed by atoms with van der Waals surface area (Å²) in [5, 5.41) is 5.70. The number of halogens is 1. The number of amides is 2. The van der Waals surface area contributed by atoms with Crippen molar-refractivity contribution in [3.63, 3.8) is 0 Å². The number of anilines is 1. The van der Waals surface area contributed by atoms with Crippen LogP contribution in [0.5, 0.6) is 0 Å². The number of carbonyl (C=O) groups excluding carboxylic acids is 2. The summed E-state index contributed by atoms with van der Waals surface area (Å²) in [6.07, 6.45) is 0. The van der Waals surface area contributed by atoms with Crippen molar-refractivity contribution in [2.24, 2.45) is 5.73 Å². The Balaban J connectivity index is 1.80. The maximum atomic E-state index is 13.0. The number of primary amides is 1. The molecular weight excluding hydrogens is 438 g/mol. The first-order valence-corrected chi connectivity index (χ1v) is 10.0. The average molecular weight is 452 g/mol. The van der Waals surface area contributed by atoms with Crippen LogP contribution in [0.2, 0.25) is 0 Å². The number of hydrogen-bond acceptors (Lipinski definition) is 4. The van der Waals surface area contributed by atoms with Gasteiger partial charge in [-0.15, -0.1) is 11.3 Å². The second-order valence-electron chi connectivity index (χ2n) is 6.06. The van der Waals surface area contributed by atoms with Gasteiger partial charge in [0.2, 0.25) is 0 Å². The van der Waals surface area contributed by atoms with E-state index in [1.54, 1.807) is 17.5 Å². The fraction of sp³-hybridized carbons (Fsp3) is 0. The number of benzene rings is 2. The van der Waals surface area contributed by atoms with Crippen LogP contribution in [-0.4, -0.2) is 16.8 Å². The van der Waals surface area contributed by atoms with E-state index >= 15 is 0 Å². The van der Waals surface area contributed by atoms with Crippen LogP contribution in [0.4, 0.5) is 5.00 Å². The topological polar surface area (TPSA) is 85.1 Å². The summed E-state index contributed by atoms with van der Waals surface area (Å²) >= 11 is 4.68. The van der Waals surface area contributed by atoms with Gasteiger partial charge in [0, 0.05) is 15.4 Å². The Hall–Kier alpha value is -3.03. The Morgan fingerprint density at radius 1 is 1.00 bits per heavy atom. The molecular formula is C21H14BrN3O2S. The minimum atomic E-state index is -0.577. The highest BCUT2D eigenvalue weighted by molar-refractivity contribution is 9.10. The van der Waals surface area contributed by atoms with Crippen molar-refractivity contribution in [1.82, 2.24) is 4.98 Å². The van der Waals surface area contributed by atoms with Gasteiger partial charge in [-0.05, 0) is 35.7 Å². The van der Waals surface area contributed by atoms with Crippen LogP contribution in [-0.2, 0) is 0 Å². The lowest BCUT2D eigenvalue weighted by Gasteiger charge is -2.10. The molecule has 138 valence electrons. The van der Waals surface area contributed by atoms with Crippen LogP contribution in [0, 0.1) is 0 Å². The Kier molecular flexibility index (Phi) is 4.93. The van der Waals surface area contributed by atoms with Crippen molar-refractivity contribution in [3.8, 4) is 11.3 Å². The van der Waals surface area contributed by atoms with Gasteiger partial charge < -0.3 is 11.1 Å². The van der Waals surface area contributed by atoms with Gasteiger partial charge in [0.05, 0.1) is 22.3 Å². The van der Waals surface area contributed by atoms with E-state index in [0.717, 1.165) is 20.9 Å². The third-order valence-electron chi connectivity index (χ3n) is 4.26. The lowest BCUT2D eigenvalue weighted by atomic mass is 10.0. The predicted molar refractivity (Wildman–Crippen MR) is 116 cm³/mol. The molecule has 0 spiro atoms. The van der Waals surface area contributed by atoms with E-state index in [2.05, 4.69) is 21.2 Å². The average Bonchev–Trinajstić information content (AvgIpc) is 3.16. The Morgan fingerprint density at radius 2 is 1.75 bits per heavy atom. The Bertz CT molecular complexity index is 1200. The molecule has 2 heterocycles. The highest BCUT2D eigenvalue weighted by Crippen LogP contribution is 2.28. The Labute approximate surface area is 173 Å². The van der Waals surface area contributed by atoms with E-state index in [4.69, 9.17) is 10.7 Å². The van der Waals surface area contributed by atoms with Gasteiger partial charge >= 0.3 is 0 Å². The number of hydrogen-bond donors (Lipinski definition) is 2. The fourth-order valence-electron chi connectivity index (χ4n) is 2.90. The molecule has 0 aliphatic rings. The zero-order chi connectivity index (χ0) is 19.7. The lowest BCUT2D eigenvalue weighted by molar-refractivity contribution is 0.100. The van der Waals surface area contributed by atoms with Crippen molar-refractivity contribution in [2.75, 3.05) is 5.32 Å². The molecule has 4 rings (SSSR count). The SMILES string of the molecule is NC(=O)c1ccsc1NC(=O)c1cc(-c2ccc(Br)cc2)nc2ccccc12. The molecule has 2 aromatic carbocycles. The monoisotopic (exact) mass is 451 g/mol. The van der Waals surface area contributed by atoms with E-state index in [9.17, 15) is 9.59 Å². The van der Waals surface area contributed by atoms with Gasteiger partial charge in [0.15, 0.2) is 0 Å². The highest BCUT2D eigenvalue weighted by atomic mass is 79.9. The van der Waals surface area contributed by atoms with Crippen LogP contribution in [0.25, 0.3) is 22.2 Å². The van der Waals surface area contributed by atoms with Crippen LogP contribution >= 0.6 is 27.3 Å². The molecule has 3 N–H and O–H groups in total. The molecule has 5 nitrogen and oxygen atoms in total. The number of nitrogens with one attached hydrogen (secondary N) is 1. The van der Waals surface area contributed by atoms with Gasteiger partial charge in [0.1, 0.15) is 5.00 Å². The predicted octanol–water partition coefficient (Wildman–Crippen LogP) is 5.08. The molecule has 7 heteroatoms. The summed E-state index contributed by atoms with van der Waals surface area (Å²) < 4.78 is 0.965. The number of pyridine rings is 1. The lowest BCUT2D eigenvalue weighted by Crippen LogP contribution is -2.17. The van der Waals surface area contributed by atoms with E-state index in [0.29, 0.717) is 21.8 Å². The summed E-state index contributed by atoms with van der Waals surface area (Å²) in [6, 6.07) is 18.6. The number of fused-ring (bicyclic) bond motifs is 1. The quantitative estimate of drug-likeness (QED) is 0.453. The van der Waals surface area contributed by atoms with Gasteiger partial charge in [-0.2, -0.15) is 0 Å². The number of thiophene rings is 1. The zero-order valence-corrected chi connectivity index (χ0v) is 16.9. The molecule has 2 aromatic heterocycles. The molecule has 0 saturated carbocycles. The maximum absolute atomic E-state index is 13.0. The summed E-state index contributed by atoms with van der Waals surface area (Å²) in [4.78, 5) is 29.3. The highest BCUT2D eigenvalue weighted by Gasteiger charge is 2.17. The second-order valence-corrected chi connectivity index (χ2v) is 7.89. The van der Waals surface area contributed by atoms with Gasteiger partial charge in [-0.3, -0.25) is 9.59 Å². The molecule has 0 aliphatic carbocycles. The molecule has 0 fully saturated rings. The van der Waals surface area contributed by atoms with Crippen LogP contribution < -0.4 is 11.1 Å². The minimum absolute atomic E-state index is 0.296. The third-order valence-corrected chi connectivity index (χ3v) is 5.62. The first kappa shape index (κ1) is 18.3. The molecule has 0 radical (unpaired) electrons. The maximum Gasteiger partial charge on any atom is 0.257 e. The largest absolute Gasteiger partial charge is 0.366 e. The minimum Gasteiger partial charge on any atom is -0.366 e. The first-order chi connectivity index (χ1) is 13.5. The molecule has 2 amide bonds. The number of carbonyl (C=O) groups is 2. The number of nitrogens with two attached hydrogens (primary N) is 1. The molecule has 0 unspecified atom stereocenters. The Morgan fingerprint density at radius 3 is 2.50 bits per heavy atom. The van der Waals surface area contributed by atoms with Crippen molar-refractivity contribution >= 4 is 55.0 Å². The zero-order valence-electron chi connectivity index (χ0n) is 14.5. The first-order valence-electron chi connectivity index (χ1n) is 8.37. The van der Waals surface area contributed by atoms with Crippen molar-refractivity contribution in [1.29, 1.82) is 0 Å². The number of nitrogens with zero attached hydrogens (tertiary/aromatic N) is 1. The second kappa shape index (κ2) is 7.53. The van der Waals surface area contributed by atoms with Crippen molar-refractivity contribution in [3.05, 3.63) is 81.6 Å².